The van der Waals surface area contributed by atoms with Gasteiger partial charge in [0.05, 0.1) is 0 Å². The maximum atomic E-state index is 11.2. The third-order valence-electron chi connectivity index (χ3n) is 1.83. The number of amides is 1. The van der Waals surface area contributed by atoms with E-state index in [-0.39, 0.29) is 17.0 Å². The van der Waals surface area contributed by atoms with Crippen molar-refractivity contribution in [2.45, 2.75) is 0 Å². The summed E-state index contributed by atoms with van der Waals surface area (Å²) in [6, 6.07) is 4.33. The van der Waals surface area contributed by atoms with Gasteiger partial charge in [-0.05, 0) is 12.1 Å². The van der Waals surface area contributed by atoms with Crippen LogP contribution in [0.3, 0.4) is 0 Å². The van der Waals surface area contributed by atoms with E-state index < -0.39 is 0 Å². The topological polar surface area (TPSA) is 63.2 Å². The number of nitrogens with one attached hydrogen (secondary N) is 1. The summed E-state index contributed by atoms with van der Waals surface area (Å²) in [7, 11) is 1.50. The predicted molar refractivity (Wildman–Crippen MR) is 50.6 cm³/mol. The van der Waals surface area contributed by atoms with Crippen molar-refractivity contribution < 1.29 is 14.4 Å². The van der Waals surface area contributed by atoms with Crippen LogP contribution < -0.4 is 5.32 Å². The van der Waals surface area contributed by atoms with E-state index >= 15 is 0 Å². The van der Waals surface area contributed by atoms with Crippen molar-refractivity contribution in [2.24, 2.45) is 0 Å². The van der Waals surface area contributed by atoms with Gasteiger partial charge in [0.25, 0.3) is 5.91 Å². The third kappa shape index (κ3) is 1.85. The van der Waals surface area contributed by atoms with Crippen molar-refractivity contribution in [1.29, 1.82) is 0 Å². The molecular formula is C10H9NO3. The zero-order valence-corrected chi connectivity index (χ0v) is 7.61. The summed E-state index contributed by atoms with van der Waals surface area (Å²) in [4.78, 5) is 32.2. The van der Waals surface area contributed by atoms with E-state index in [9.17, 15) is 14.4 Å². The Morgan fingerprint density at radius 3 is 2.36 bits per heavy atom. The molecule has 0 atom stereocenters. The van der Waals surface area contributed by atoms with Crippen molar-refractivity contribution in [3.05, 3.63) is 34.9 Å². The first kappa shape index (κ1) is 10.1. The van der Waals surface area contributed by atoms with E-state index in [0.29, 0.717) is 18.1 Å². The molecular weight excluding hydrogens is 182 g/mol. The van der Waals surface area contributed by atoms with Gasteiger partial charge in [-0.25, -0.2) is 0 Å². The molecule has 0 aliphatic carbocycles. The van der Waals surface area contributed by atoms with Crippen LogP contribution in [0.4, 0.5) is 0 Å². The van der Waals surface area contributed by atoms with Crippen LogP contribution in [-0.4, -0.2) is 25.5 Å². The van der Waals surface area contributed by atoms with E-state index in [1.807, 2.05) is 0 Å². The molecule has 0 aliphatic heterocycles. The SMILES string of the molecule is CNC(=O)c1ccc(C=O)c(C=O)c1. The van der Waals surface area contributed by atoms with E-state index in [0.717, 1.165) is 0 Å². The van der Waals surface area contributed by atoms with Gasteiger partial charge in [0, 0.05) is 23.7 Å². The second kappa shape index (κ2) is 4.32. The number of carbonyl (C=O) groups excluding carboxylic acids is 3. The standard InChI is InChI=1S/C10H9NO3/c1-11-10(14)7-2-3-8(5-12)9(4-7)6-13/h2-6H,1H3,(H,11,14). The molecule has 1 aromatic carbocycles. The summed E-state index contributed by atoms with van der Waals surface area (Å²) < 4.78 is 0. The van der Waals surface area contributed by atoms with E-state index in [2.05, 4.69) is 5.32 Å². The Morgan fingerprint density at radius 2 is 1.86 bits per heavy atom. The molecule has 1 N–H and O–H groups in total. The molecule has 0 saturated heterocycles. The lowest BCUT2D eigenvalue weighted by Crippen LogP contribution is -2.18. The molecule has 72 valence electrons. The normalized spacial score (nSPS) is 9.21. The van der Waals surface area contributed by atoms with Crippen LogP contribution in [0.15, 0.2) is 18.2 Å². The predicted octanol–water partition coefficient (Wildman–Crippen LogP) is 0.671. The maximum absolute atomic E-state index is 11.2. The molecule has 1 rings (SSSR count). The lowest BCUT2D eigenvalue weighted by molar-refractivity contribution is 0.0962. The molecule has 0 unspecified atom stereocenters. The minimum atomic E-state index is -0.287. The van der Waals surface area contributed by atoms with E-state index in [4.69, 9.17) is 0 Å². The zero-order chi connectivity index (χ0) is 10.6. The van der Waals surface area contributed by atoms with Gasteiger partial charge in [-0.15, -0.1) is 0 Å². The smallest absolute Gasteiger partial charge is 0.251 e. The molecule has 0 fully saturated rings. The van der Waals surface area contributed by atoms with Crippen molar-refractivity contribution in [3.63, 3.8) is 0 Å². The third-order valence-corrected chi connectivity index (χ3v) is 1.83. The second-order valence-electron chi connectivity index (χ2n) is 2.66. The zero-order valence-electron chi connectivity index (χ0n) is 7.61. The fourth-order valence-electron chi connectivity index (χ4n) is 1.07. The molecule has 0 aliphatic rings. The molecule has 0 bridgehead atoms. The van der Waals surface area contributed by atoms with Crippen molar-refractivity contribution in [3.8, 4) is 0 Å². The number of hydrogen-bond acceptors (Lipinski definition) is 3. The lowest BCUT2D eigenvalue weighted by Gasteiger charge is -2.01. The molecule has 1 amide bonds. The minimum absolute atomic E-state index is 0.223. The Hall–Kier alpha value is -1.97. The Bertz CT molecular complexity index is 385. The Balaban J connectivity index is 3.20. The molecule has 0 heterocycles. The highest BCUT2D eigenvalue weighted by Gasteiger charge is 2.06. The highest BCUT2D eigenvalue weighted by molar-refractivity contribution is 5.98. The number of hydrogen-bond donors (Lipinski definition) is 1. The van der Waals surface area contributed by atoms with Crippen LogP contribution in [0.1, 0.15) is 31.1 Å². The molecule has 14 heavy (non-hydrogen) atoms. The van der Waals surface area contributed by atoms with Crippen LogP contribution >= 0.6 is 0 Å². The summed E-state index contributed by atoms with van der Waals surface area (Å²) in [5, 5.41) is 2.43. The van der Waals surface area contributed by atoms with Gasteiger partial charge in [0.2, 0.25) is 0 Å². The number of carbonyl (C=O) groups is 3. The highest BCUT2D eigenvalue weighted by Crippen LogP contribution is 2.08. The van der Waals surface area contributed by atoms with Gasteiger partial charge >= 0.3 is 0 Å². The van der Waals surface area contributed by atoms with Gasteiger partial charge in [-0.3, -0.25) is 14.4 Å². The largest absolute Gasteiger partial charge is 0.355 e. The molecule has 1 aromatic rings. The molecule has 0 saturated carbocycles. The van der Waals surface area contributed by atoms with Crippen LogP contribution in [0, 0.1) is 0 Å². The van der Waals surface area contributed by atoms with Crippen LogP contribution in [-0.2, 0) is 0 Å². The first-order valence-corrected chi connectivity index (χ1v) is 3.99. The number of rotatable bonds is 3. The Morgan fingerprint density at radius 1 is 1.21 bits per heavy atom. The van der Waals surface area contributed by atoms with Gasteiger partial charge in [-0.2, -0.15) is 0 Å². The van der Waals surface area contributed by atoms with Crippen molar-refractivity contribution in [2.75, 3.05) is 7.05 Å². The Kier molecular flexibility index (Phi) is 3.12. The van der Waals surface area contributed by atoms with Crippen LogP contribution in [0.2, 0.25) is 0 Å². The highest BCUT2D eigenvalue weighted by atomic mass is 16.1. The maximum Gasteiger partial charge on any atom is 0.251 e. The first-order valence-electron chi connectivity index (χ1n) is 3.99. The van der Waals surface area contributed by atoms with E-state index in [1.165, 1.54) is 25.2 Å². The molecule has 0 radical (unpaired) electrons. The second-order valence-corrected chi connectivity index (χ2v) is 2.66. The average molecular weight is 191 g/mol. The van der Waals surface area contributed by atoms with Crippen molar-refractivity contribution >= 4 is 18.5 Å². The van der Waals surface area contributed by atoms with Crippen LogP contribution in [0.25, 0.3) is 0 Å². The molecule has 4 heteroatoms. The minimum Gasteiger partial charge on any atom is -0.355 e. The van der Waals surface area contributed by atoms with Crippen molar-refractivity contribution in [1.82, 2.24) is 5.32 Å². The molecule has 0 aromatic heterocycles. The first-order chi connectivity index (χ1) is 6.72. The van der Waals surface area contributed by atoms with Gasteiger partial charge in [0.1, 0.15) is 0 Å². The van der Waals surface area contributed by atoms with Crippen LogP contribution in [0.5, 0.6) is 0 Å². The fraction of sp³-hybridized carbons (Fsp3) is 0.100. The molecule has 0 spiro atoms. The van der Waals surface area contributed by atoms with Gasteiger partial charge < -0.3 is 5.32 Å². The average Bonchev–Trinajstić information content (AvgIpc) is 2.26. The molecule has 4 nitrogen and oxygen atoms in total. The lowest BCUT2D eigenvalue weighted by atomic mass is 10.1. The Labute approximate surface area is 80.9 Å². The van der Waals surface area contributed by atoms with Gasteiger partial charge in [0.15, 0.2) is 12.6 Å². The monoisotopic (exact) mass is 191 g/mol. The summed E-state index contributed by atoms with van der Waals surface area (Å²) in [5.74, 6) is -0.287. The summed E-state index contributed by atoms with van der Waals surface area (Å²) in [6.45, 7) is 0. The fourth-order valence-corrected chi connectivity index (χ4v) is 1.07. The van der Waals surface area contributed by atoms with E-state index in [1.54, 1.807) is 0 Å². The summed E-state index contributed by atoms with van der Waals surface area (Å²) in [5.41, 5.74) is 0.869. The summed E-state index contributed by atoms with van der Waals surface area (Å²) >= 11 is 0. The number of aldehydes is 2. The number of benzene rings is 1. The summed E-state index contributed by atoms with van der Waals surface area (Å²) in [6.07, 6.45) is 1.13. The van der Waals surface area contributed by atoms with Gasteiger partial charge in [-0.1, -0.05) is 6.07 Å². The quantitative estimate of drug-likeness (QED) is 0.714.